The van der Waals surface area contributed by atoms with Gasteiger partial charge in [-0.2, -0.15) is 0 Å². The summed E-state index contributed by atoms with van der Waals surface area (Å²) in [6.45, 7) is 6.25. The number of likely N-dealkylation sites (tertiary alicyclic amines) is 1. The lowest BCUT2D eigenvalue weighted by Crippen LogP contribution is -2.28. The number of nitro benzene ring substituents is 1. The van der Waals surface area contributed by atoms with Gasteiger partial charge in [0, 0.05) is 25.2 Å². The zero-order chi connectivity index (χ0) is 15.2. The maximum atomic E-state index is 11.1. The molecule has 1 heterocycles. The van der Waals surface area contributed by atoms with Crippen molar-refractivity contribution >= 4 is 11.4 Å². The lowest BCUT2D eigenvalue weighted by molar-refractivity contribution is -0.384. The van der Waals surface area contributed by atoms with Crippen LogP contribution in [0.2, 0.25) is 0 Å². The third-order valence-electron chi connectivity index (χ3n) is 3.81. The van der Waals surface area contributed by atoms with E-state index in [0.717, 1.165) is 6.54 Å². The van der Waals surface area contributed by atoms with Crippen molar-refractivity contribution in [3.8, 4) is 5.75 Å². The SMILES string of the molecule is COc1ccc([N+](=O)[O-])c(NCC(C)CN2CCCC2)c1. The maximum Gasteiger partial charge on any atom is 0.292 e. The number of hydrogen-bond donors (Lipinski definition) is 1. The Morgan fingerprint density at radius 2 is 2.14 bits per heavy atom. The molecular weight excluding hydrogens is 270 g/mol. The number of hydrogen-bond acceptors (Lipinski definition) is 5. The van der Waals surface area contributed by atoms with Crippen LogP contribution in [-0.2, 0) is 0 Å². The molecule has 1 N–H and O–H groups in total. The topological polar surface area (TPSA) is 67.6 Å². The molecule has 0 radical (unpaired) electrons. The van der Waals surface area contributed by atoms with E-state index >= 15 is 0 Å². The van der Waals surface area contributed by atoms with Gasteiger partial charge in [-0.05, 0) is 37.9 Å². The second-order valence-electron chi connectivity index (χ2n) is 5.63. The summed E-state index contributed by atoms with van der Waals surface area (Å²) in [4.78, 5) is 13.1. The lowest BCUT2D eigenvalue weighted by Gasteiger charge is -2.21. The Kier molecular flexibility index (Phi) is 5.38. The fourth-order valence-corrected chi connectivity index (χ4v) is 2.70. The fourth-order valence-electron chi connectivity index (χ4n) is 2.70. The predicted molar refractivity (Wildman–Crippen MR) is 83.0 cm³/mol. The normalized spacial score (nSPS) is 16.7. The van der Waals surface area contributed by atoms with Crippen LogP contribution in [0, 0.1) is 16.0 Å². The van der Waals surface area contributed by atoms with Gasteiger partial charge in [-0.1, -0.05) is 6.92 Å². The van der Waals surface area contributed by atoms with Crippen molar-refractivity contribution in [1.29, 1.82) is 0 Å². The van der Waals surface area contributed by atoms with Crippen molar-refractivity contribution in [2.45, 2.75) is 19.8 Å². The number of nitrogens with zero attached hydrogens (tertiary/aromatic N) is 2. The van der Waals surface area contributed by atoms with E-state index < -0.39 is 0 Å². The number of anilines is 1. The quantitative estimate of drug-likeness (QED) is 0.618. The number of ether oxygens (including phenoxy) is 1. The molecule has 1 aromatic carbocycles. The monoisotopic (exact) mass is 293 g/mol. The smallest absolute Gasteiger partial charge is 0.292 e. The first-order chi connectivity index (χ1) is 10.1. The molecule has 0 aliphatic carbocycles. The molecule has 6 heteroatoms. The number of methoxy groups -OCH3 is 1. The highest BCUT2D eigenvalue weighted by Crippen LogP contribution is 2.29. The molecule has 0 saturated carbocycles. The molecule has 1 saturated heterocycles. The Bertz CT molecular complexity index is 487. The summed E-state index contributed by atoms with van der Waals surface area (Å²) in [5.74, 6) is 1.06. The minimum atomic E-state index is -0.368. The second-order valence-corrected chi connectivity index (χ2v) is 5.63. The summed E-state index contributed by atoms with van der Waals surface area (Å²) in [7, 11) is 1.56. The first kappa shape index (κ1) is 15.6. The van der Waals surface area contributed by atoms with Gasteiger partial charge in [-0.3, -0.25) is 10.1 Å². The molecule has 6 nitrogen and oxygen atoms in total. The Morgan fingerprint density at radius 3 is 2.76 bits per heavy atom. The molecule has 0 spiro atoms. The summed E-state index contributed by atoms with van der Waals surface area (Å²) >= 11 is 0. The van der Waals surface area contributed by atoms with Crippen molar-refractivity contribution in [1.82, 2.24) is 4.90 Å². The van der Waals surface area contributed by atoms with Gasteiger partial charge >= 0.3 is 0 Å². The molecule has 116 valence electrons. The van der Waals surface area contributed by atoms with Crippen LogP contribution in [0.3, 0.4) is 0 Å². The van der Waals surface area contributed by atoms with Gasteiger partial charge in [0.15, 0.2) is 0 Å². The van der Waals surface area contributed by atoms with Crippen molar-refractivity contribution in [2.75, 3.05) is 38.6 Å². The predicted octanol–water partition coefficient (Wildman–Crippen LogP) is 2.75. The molecule has 0 aromatic heterocycles. The van der Waals surface area contributed by atoms with Crippen LogP contribution < -0.4 is 10.1 Å². The van der Waals surface area contributed by atoms with Crippen molar-refractivity contribution in [2.24, 2.45) is 5.92 Å². The van der Waals surface area contributed by atoms with Crippen molar-refractivity contribution in [3.63, 3.8) is 0 Å². The Labute approximate surface area is 125 Å². The Hall–Kier alpha value is -1.82. The molecule has 1 fully saturated rings. The first-order valence-corrected chi connectivity index (χ1v) is 7.39. The number of benzene rings is 1. The van der Waals surface area contributed by atoms with Crippen LogP contribution in [0.5, 0.6) is 5.75 Å². The van der Waals surface area contributed by atoms with Gasteiger partial charge in [0.2, 0.25) is 0 Å². The van der Waals surface area contributed by atoms with E-state index in [9.17, 15) is 10.1 Å². The molecule has 1 unspecified atom stereocenters. The second kappa shape index (κ2) is 7.26. The minimum absolute atomic E-state index is 0.0872. The van der Waals surface area contributed by atoms with Gasteiger partial charge < -0.3 is 15.0 Å². The standard InChI is InChI=1S/C15H23N3O3/c1-12(11-17-7-3-4-8-17)10-16-14-9-13(21-2)5-6-15(14)18(19)20/h5-6,9,12,16H,3-4,7-8,10-11H2,1-2H3. The molecule has 21 heavy (non-hydrogen) atoms. The van der Waals surface area contributed by atoms with Crippen LogP contribution in [0.15, 0.2) is 18.2 Å². The average molecular weight is 293 g/mol. The van der Waals surface area contributed by atoms with Gasteiger partial charge in [0.1, 0.15) is 11.4 Å². The van der Waals surface area contributed by atoms with Gasteiger partial charge in [-0.25, -0.2) is 0 Å². The first-order valence-electron chi connectivity index (χ1n) is 7.39. The third-order valence-corrected chi connectivity index (χ3v) is 3.81. The largest absolute Gasteiger partial charge is 0.497 e. The molecule has 1 aliphatic rings. The molecule has 0 bridgehead atoms. The summed E-state index contributed by atoms with van der Waals surface area (Å²) in [5.41, 5.74) is 0.608. The number of nitro groups is 1. The van der Waals surface area contributed by atoms with E-state index in [2.05, 4.69) is 17.1 Å². The molecule has 1 aromatic rings. The molecule has 0 amide bonds. The Balaban J connectivity index is 1.95. The summed E-state index contributed by atoms with van der Waals surface area (Å²) in [6.07, 6.45) is 2.56. The van der Waals surface area contributed by atoms with E-state index in [-0.39, 0.29) is 10.6 Å². The highest BCUT2D eigenvalue weighted by molar-refractivity contribution is 5.64. The summed E-state index contributed by atoms with van der Waals surface area (Å²) in [6, 6.07) is 4.77. The van der Waals surface area contributed by atoms with Gasteiger partial charge in [0.05, 0.1) is 12.0 Å². The maximum absolute atomic E-state index is 11.1. The van der Waals surface area contributed by atoms with Gasteiger partial charge in [0.25, 0.3) is 5.69 Å². The molecule has 1 aliphatic heterocycles. The molecular formula is C15H23N3O3. The van der Waals surface area contributed by atoms with Crippen LogP contribution >= 0.6 is 0 Å². The van der Waals surface area contributed by atoms with Crippen LogP contribution in [-0.4, -0.2) is 43.1 Å². The lowest BCUT2D eigenvalue weighted by atomic mass is 10.1. The van der Waals surface area contributed by atoms with E-state index in [1.807, 2.05) is 0 Å². The van der Waals surface area contributed by atoms with E-state index in [4.69, 9.17) is 4.74 Å². The summed E-state index contributed by atoms with van der Waals surface area (Å²) in [5, 5.41) is 14.3. The zero-order valence-electron chi connectivity index (χ0n) is 12.7. The van der Waals surface area contributed by atoms with Crippen LogP contribution in [0.25, 0.3) is 0 Å². The van der Waals surface area contributed by atoms with Crippen molar-refractivity contribution < 1.29 is 9.66 Å². The fraction of sp³-hybridized carbons (Fsp3) is 0.600. The van der Waals surface area contributed by atoms with Crippen LogP contribution in [0.1, 0.15) is 19.8 Å². The zero-order valence-corrected chi connectivity index (χ0v) is 12.7. The molecule has 2 rings (SSSR count). The number of rotatable bonds is 7. The highest BCUT2D eigenvalue weighted by atomic mass is 16.6. The third kappa shape index (κ3) is 4.32. The molecule has 1 atom stereocenters. The van der Waals surface area contributed by atoms with E-state index in [1.165, 1.54) is 32.0 Å². The van der Waals surface area contributed by atoms with Gasteiger partial charge in [-0.15, -0.1) is 0 Å². The van der Waals surface area contributed by atoms with E-state index in [0.29, 0.717) is 23.9 Å². The average Bonchev–Trinajstić information content (AvgIpc) is 2.97. The minimum Gasteiger partial charge on any atom is -0.497 e. The van der Waals surface area contributed by atoms with E-state index in [1.54, 1.807) is 19.2 Å². The van der Waals surface area contributed by atoms with Crippen molar-refractivity contribution in [3.05, 3.63) is 28.3 Å². The Morgan fingerprint density at radius 1 is 1.43 bits per heavy atom. The highest BCUT2D eigenvalue weighted by Gasteiger charge is 2.17. The van der Waals surface area contributed by atoms with Crippen LogP contribution in [0.4, 0.5) is 11.4 Å². The number of nitrogens with one attached hydrogen (secondary N) is 1. The summed E-state index contributed by atoms with van der Waals surface area (Å²) < 4.78 is 5.13.